The Labute approximate surface area is 391 Å². The van der Waals surface area contributed by atoms with E-state index in [4.69, 9.17) is 39.2 Å². The second-order valence-corrected chi connectivity index (χ2v) is 17.9. The SMILES string of the molecule is CCOCCn1c(NC2CCN(CCNc3nnc(C)s3)CC2)nc2cccnc21.CCOCCn1c(NC2CCN(CCNc3nnc(C)s3)CC2)nc2cccnc21.O=C(O)C(=O)O. The van der Waals surface area contributed by atoms with Crippen molar-refractivity contribution in [1.82, 2.24) is 59.3 Å². The number of nitrogens with zero attached hydrogens (tertiary/aromatic N) is 12. The van der Waals surface area contributed by atoms with Gasteiger partial charge in [-0.3, -0.25) is 9.13 Å². The van der Waals surface area contributed by atoms with Crippen LogP contribution in [0, 0.1) is 13.8 Å². The highest BCUT2D eigenvalue weighted by Crippen LogP contribution is 2.23. The number of aromatic nitrogens is 10. The number of pyridine rings is 2. The summed E-state index contributed by atoms with van der Waals surface area (Å²) in [5.41, 5.74) is 3.67. The number of aliphatic carboxylic acids is 2. The maximum Gasteiger partial charge on any atom is 0.414 e. The molecule has 0 bridgehead atoms. The van der Waals surface area contributed by atoms with E-state index >= 15 is 0 Å². The zero-order valence-corrected chi connectivity index (χ0v) is 39.7. The van der Waals surface area contributed by atoms with Gasteiger partial charge in [0.05, 0.1) is 26.3 Å². The highest BCUT2D eigenvalue weighted by molar-refractivity contribution is 7.15. The normalized spacial score (nSPS) is 14.9. The monoisotopic (exact) mass is 950 g/mol. The van der Waals surface area contributed by atoms with Gasteiger partial charge >= 0.3 is 11.9 Å². The summed E-state index contributed by atoms with van der Waals surface area (Å²) in [5.74, 6) is -1.85. The minimum absolute atomic E-state index is 0.419. The molecule has 358 valence electrons. The molecule has 0 spiro atoms. The van der Waals surface area contributed by atoms with Crippen molar-refractivity contribution in [3.8, 4) is 0 Å². The summed E-state index contributed by atoms with van der Waals surface area (Å²) in [6.45, 7) is 20.4. The topological polar surface area (TPSA) is 261 Å². The molecule has 8 heterocycles. The molecule has 6 N–H and O–H groups in total. The van der Waals surface area contributed by atoms with Crippen LogP contribution in [0.3, 0.4) is 0 Å². The van der Waals surface area contributed by atoms with E-state index in [0.29, 0.717) is 25.3 Å². The molecule has 0 amide bonds. The number of ether oxygens (including phenoxy) is 2. The molecule has 2 aliphatic rings. The first-order chi connectivity index (χ1) is 32.1. The highest BCUT2D eigenvalue weighted by atomic mass is 32.1. The molecular formula is C42H62N16O6S2. The van der Waals surface area contributed by atoms with Gasteiger partial charge in [0.1, 0.15) is 21.0 Å². The third-order valence-corrected chi connectivity index (χ3v) is 12.4. The van der Waals surface area contributed by atoms with Crippen LogP contribution in [0.25, 0.3) is 22.3 Å². The number of anilines is 4. The summed E-state index contributed by atoms with van der Waals surface area (Å²) in [6.07, 6.45) is 8.03. The van der Waals surface area contributed by atoms with Crippen molar-refractivity contribution in [3.63, 3.8) is 0 Å². The Bertz CT molecular complexity index is 2230. The number of carboxylic acids is 2. The van der Waals surface area contributed by atoms with E-state index in [1.54, 1.807) is 22.7 Å². The standard InChI is InChI=1S/2C20H30N8OS.C2H2O4/c2*1-3-29-14-13-28-18-17(5-4-8-21-18)24-19(28)23-16-6-10-27(11-7-16)12-9-22-20-26-25-15(2)30-20;3-1(4)2(5)6/h2*4-5,8,16H,3,6-7,9-14H2,1-2H3,(H,22,26)(H,23,24);(H,3,4)(H,5,6). The number of aryl methyl sites for hydroxylation is 2. The lowest BCUT2D eigenvalue weighted by atomic mass is 10.1. The number of fused-ring (bicyclic) bond motifs is 2. The van der Waals surface area contributed by atoms with Gasteiger partial charge in [-0.15, -0.1) is 20.4 Å². The Morgan fingerprint density at radius 2 is 1.06 bits per heavy atom. The minimum Gasteiger partial charge on any atom is -0.473 e. The number of carboxylic acid groups (broad SMARTS) is 2. The van der Waals surface area contributed by atoms with Crippen LogP contribution in [0.15, 0.2) is 36.7 Å². The molecule has 6 aromatic rings. The molecule has 0 atom stereocenters. The predicted octanol–water partition coefficient (Wildman–Crippen LogP) is 4.39. The molecule has 2 fully saturated rings. The molecule has 0 aliphatic carbocycles. The van der Waals surface area contributed by atoms with E-state index in [9.17, 15) is 0 Å². The number of piperidine rings is 2. The fraction of sp³-hybridized carbons (Fsp3) is 0.571. The molecule has 22 nitrogen and oxygen atoms in total. The van der Waals surface area contributed by atoms with Crippen LogP contribution in [-0.2, 0) is 32.2 Å². The summed E-state index contributed by atoms with van der Waals surface area (Å²) < 4.78 is 15.4. The number of nitrogens with one attached hydrogen (secondary N) is 4. The summed E-state index contributed by atoms with van der Waals surface area (Å²) in [5, 5.41) is 49.0. The number of rotatable bonds is 20. The number of carbonyl (C=O) groups is 2. The molecule has 0 unspecified atom stereocenters. The Morgan fingerprint density at radius 1 is 0.652 bits per heavy atom. The van der Waals surface area contributed by atoms with E-state index in [-0.39, 0.29) is 0 Å². The zero-order valence-electron chi connectivity index (χ0n) is 38.1. The summed E-state index contributed by atoms with van der Waals surface area (Å²) in [4.78, 5) is 41.8. The Hall–Kier alpha value is -5.66. The van der Waals surface area contributed by atoms with E-state index in [2.05, 4.69) is 70.6 Å². The molecule has 8 rings (SSSR count). The molecule has 2 saturated heterocycles. The average Bonchev–Trinajstić information content (AvgIpc) is 4.11. The van der Waals surface area contributed by atoms with Crippen LogP contribution < -0.4 is 21.3 Å². The fourth-order valence-corrected chi connectivity index (χ4v) is 8.74. The fourth-order valence-electron chi connectivity index (χ4n) is 7.51. The van der Waals surface area contributed by atoms with Gasteiger partial charge in [-0.1, -0.05) is 22.7 Å². The third-order valence-electron chi connectivity index (χ3n) is 10.8. The smallest absolute Gasteiger partial charge is 0.414 e. The van der Waals surface area contributed by atoms with Gasteiger partial charge in [-0.25, -0.2) is 29.5 Å². The number of hydrogen-bond acceptors (Lipinski definition) is 20. The van der Waals surface area contributed by atoms with Crippen molar-refractivity contribution in [2.75, 3.05) is 100 Å². The summed E-state index contributed by atoms with van der Waals surface area (Å²) in [6, 6.07) is 8.73. The molecular weight excluding hydrogens is 889 g/mol. The van der Waals surface area contributed by atoms with Crippen molar-refractivity contribution in [2.24, 2.45) is 0 Å². The van der Waals surface area contributed by atoms with E-state index in [0.717, 1.165) is 159 Å². The highest BCUT2D eigenvalue weighted by Gasteiger charge is 2.23. The Balaban J connectivity index is 0.000000194. The minimum atomic E-state index is -1.82. The summed E-state index contributed by atoms with van der Waals surface area (Å²) in [7, 11) is 0. The zero-order chi connectivity index (χ0) is 46.7. The van der Waals surface area contributed by atoms with E-state index in [1.165, 1.54) is 0 Å². The van der Waals surface area contributed by atoms with Crippen LogP contribution in [0.2, 0.25) is 0 Å². The first kappa shape index (κ1) is 49.8. The van der Waals surface area contributed by atoms with Crippen LogP contribution in [0.1, 0.15) is 49.5 Å². The van der Waals surface area contributed by atoms with E-state index in [1.807, 2.05) is 64.4 Å². The van der Waals surface area contributed by atoms with Gasteiger partial charge in [0.25, 0.3) is 0 Å². The third kappa shape index (κ3) is 15.2. The van der Waals surface area contributed by atoms with Crippen LogP contribution >= 0.6 is 22.7 Å². The average molecular weight is 951 g/mol. The Kier molecular flexibility index (Phi) is 19.5. The second-order valence-electron chi connectivity index (χ2n) is 15.5. The molecule has 0 saturated carbocycles. The number of imidazole rings is 2. The van der Waals surface area contributed by atoms with Crippen molar-refractivity contribution in [1.29, 1.82) is 0 Å². The first-order valence-corrected chi connectivity index (χ1v) is 24.0. The first-order valence-electron chi connectivity index (χ1n) is 22.4. The predicted molar refractivity (Wildman–Crippen MR) is 256 cm³/mol. The van der Waals surface area contributed by atoms with Crippen LogP contribution in [0.4, 0.5) is 22.2 Å². The van der Waals surface area contributed by atoms with Gasteiger partial charge in [-0.2, -0.15) is 0 Å². The molecule has 0 radical (unpaired) electrons. The molecule has 2 aliphatic heterocycles. The largest absolute Gasteiger partial charge is 0.473 e. The van der Waals surface area contributed by atoms with Gasteiger partial charge in [-0.05, 0) is 77.6 Å². The Morgan fingerprint density at radius 3 is 1.41 bits per heavy atom. The number of hydrogen-bond donors (Lipinski definition) is 6. The lowest BCUT2D eigenvalue weighted by Crippen LogP contribution is -2.41. The summed E-state index contributed by atoms with van der Waals surface area (Å²) >= 11 is 3.20. The number of likely N-dealkylation sites (tertiary alicyclic amines) is 2. The maximum absolute atomic E-state index is 9.10. The van der Waals surface area contributed by atoms with Gasteiger partial charge in [0.2, 0.25) is 22.2 Å². The van der Waals surface area contributed by atoms with Gasteiger partial charge < -0.3 is 50.8 Å². The second kappa shape index (κ2) is 25.9. The molecule has 66 heavy (non-hydrogen) atoms. The molecule has 0 aromatic carbocycles. The van der Waals surface area contributed by atoms with Crippen molar-refractivity contribution < 1.29 is 29.3 Å². The van der Waals surface area contributed by atoms with Crippen LogP contribution in [-0.4, -0.2) is 172 Å². The molecule has 24 heteroatoms. The quantitative estimate of drug-likeness (QED) is 0.0458. The van der Waals surface area contributed by atoms with E-state index < -0.39 is 11.9 Å². The lowest BCUT2D eigenvalue weighted by Gasteiger charge is -2.32. The molecule has 6 aromatic heterocycles. The van der Waals surface area contributed by atoms with Crippen molar-refractivity contribution >= 4 is 79.1 Å². The van der Waals surface area contributed by atoms with Crippen LogP contribution in [0.5, 0.6) is 0 Å². The maximum atomic E-state index is 9.10. The van der Waals surface area contributed by atoms with Crippen molar-refractivity contribution in [2.45, 2.75) is 78.6 Å². The van der Waals surface area contributed by atoms with Gasteiger partial charge in [0, 0.05) is 90.0 Å². The lowest BCUT2D eigenvalue weighted by molar-refractivity contribution is -0.159. The van der Waals surface area contributed by atoms with Gasteiger partial charge in [0.15, 0.2) is 11.3 Å². The van der Waals surface area contributed by atoms with Crippen molar-refractivity contribution in [3.05, 3.63) is 46.7 Å².